The topological polar surface area (TPSA) is 74.6 Å². The first kappa shape index (κ1) is 23.8. The smallest absolute Gasteiger partial charge is 0.340 e. The molecule has 0 spiro atoms. The molecule has 4 rings (SSSR count). The lowest BCUT2D eigenvalue weighted by Crippen LogP contribution is -2.18. The van der Waals surface area contributed by atoms with Gasteiger partial charge in [-0.05, 0) is 53.2 Å². The molecule has 9 heteroatoms. The molecule has 0 fully saturated rings. The van der Waals surface area contributed by atoms with E-state index in [4.69, 9.17) is 9.47 Å². The minimum absolute atomic E-state index is 0.249. The molecule has 1 aliphatic rings. The Kier molecular flexibility index (Phi) is 6.83. The number of ether oxygens (including phenoxy) is 2. The lowest BCUT2D eigenvalue weighted by molar-refractivity contribution is -0.110. The molecule has 1 aromatic heterocycles. The van der Waals surface area contributed by atoms with Gasteiger partial charge in [-0.15, -0.1) is 11.8 Å². The van der Waals surface area contributed by atoms with Gasteiger partial charge in [-0.25, -0.2) is 4.79 Å². The minimum atomic E-state index is -0.552. The number of nitrogens with zero attached hydrogens (tertiary/aromatic N) is 1. The van der Waals surface area contributed by atoms with Crippen LogP contribution in [0.3, 0.4) is 0 Å². The van der Waals surface area contributed by atoms with E-state index in [2.05, 4.69) is 31.9 Å². The number of aromatic nitrogens is 1. The molecule has 0 bridgehead atoms. The van der Waals surface area contributed by atoms with E-state index < -0.39 is 17.5 Å². The maximum Gasteiger partial charge on any atom is 0.340 e. The Labute approximate surface area is 211 Å². The van der Waals surface area contributed by atoms with Crippen molar-refractivity contribution in [2.75, 3.05) is 13.7 Å². The molecule has 3 aromatic rings. The maximum absolute atomic E-state index is 12.9. The van der Waals surface area contributed by atoms with Crippen molar-refractivity contribution in [1.29, 1.82) is 0 Å². The van der Waals surface area contributed by atoms with Gasteiger partial charge in [-0.2, -0.15) is 0 Å². The molecule has 0 aliphatic heterocycles. The normalized spacial score (nSPS) is 13.2. The zero-order chi connectivity index (χ0) is 23.9. The maximum atomic E-state index is 12.9. The number of carbonyl (C=O) groups is 3. The summed E-state index contributed by atoms with van der Waals surface area (Å²) in [6.45, 7) is 2.01. The first-order valence-corrected chi connectivity index (χ1v) is 12.6. The van der Waals surface area contributed by atoms with Crippen molar-refractivity contribution >= 4 is 77.0 Å². The minimum Gasteiger partial charge on any atom is -0.496 e. The third-order valence-electron chi connectivity index (χ3n) is 5.42. The van der Waals surface area contributed by atoms with Crippen LogP contribution in [0.1, 0.15) is 38.9 Å². The Morgan fingerprint density at radius 3 is 2.58 bits per heavy atom. The van der Waals surface area contributed by atoms with Gasteiger partial charge in [0, 0.05) is 50.5 Å². The summed E-state index contributed by atoms with van der Waals surface area (Å²) in [5.41, 5.74) is 3.12. The fourth-order valence-electron chi connectivity index (χ4n) is 3.82. The Hall–Kier alpha value is -2.36. The van der Waals surface area contributed by atoms with Gasteiger partial charge in [0.2, 0.25) is 11.6 Å². The quantitative estimate of drug-likeness (QED) is 0.261. The molecule has 0 atom stereocenters. The summed E-state index contributed by atoms with van der Waals surface area (Å²) >= 11 is 8.34. The number of Topliss-reactive ketones (excluding diaryl/α,β-unsaturated/α-hetero) is 1. The number of methoxy groups -OCH3 is 1. The average molecular weight is 593 g/mol. The van der Waals surface area contributed by atoms with Crippen molar-refractivity contribution < 1.29 is 23.9 Å². The van der Waals surface area contributed by atoms with Crippen LogP contribution in [-0.4, -0.2) is 35.8 Å². The van der Waals surface area contributed by atoms with E-state index in [0.29, 0.717) is 33.1 Å². The van der Waals surface area contributed by atoms with Crippen LogP contribution in [0.15, 0.2) is 45.4 Å². The predicted molar refractivity (Wildman–Crippen MR) is 136 cm³/mol. The Bertz CT molecular complexity index is 1360. The summed E-state index contributed by atoms with van der Waals surface area (Å²) < 4.78 is 14.3. The highest BCUT2D eigenvalue weighted by Gasteiger charge is 2.28. The van der Waals surface area contributed by atoms with Crippen LogP contribution in [0.2, 0.25) is 0 Å². The van der Waals surface area contributed by atoms with E-state index in [-0.39, 0.29) is 6.61 Å². The lowest BCUT2D eigenvalue weighted by atomic mass is 9.95. The summed E-state index contributed by atoms with van der Waals surface area (Å²) in [7, 11) is 3.45. The molecule has 170 valence electrons. The summed E-state index contributed by atoms with van der Waals surface area (Å²) in [5, 5.41) is 0.721. The van der Waals surface area contributed by atoms with Gasteiger partial charge in [-0.1, -0.05) is 15.9 Å². The first-order valence-electron chi connectivity index (χ1n) is 10.0. The number of hydrogen-bond donors (Lipinski definition) is 0. The number of ketones is 2. The molecule has 0 amide bonds. The molecule has 0 saturated heterocycles. The van der Waals surface area contributed by atoms with E-state index in [0.717, 1.165) is 25.5 Å². The van der Waals surface area contributed by atoms with Crippen LogP contribution in [-0.2, 0) is 22.3 Å². The molecule has 6 nitrogen and oxygen atoms in total. The monoisotopic (exact) mass is 591 g/mol. The highest BCUT2D eigenvalue weighted by atomic mass is 79.9. The highest BCUT2D eigenvalue weighted by Crippen LogP contribution is 2.40. The lowest BCUT2D eigenvalue weighted by Gasteiger charge is -2.17. The van der Waals surface area contributed by atoms with Crippen molar-refractivity contribution in [3.63, 3.8) is 0 Å². The summed E-state index contributed by atoms with van der Waals surface area (Å²) in [4.78, 5) is 38.2. The standard InChI is InChI=1S/C24H19Br2NO5S/c1-4-32-24(30)22-15-8-20(31-3)16(26)9-17(15)27(2)18(22)11-33-21-10-19(28)23(29)13-6-5-12(25)7-14(13)21/h5-10H,4,11H2,1-3H3. The van der Waals surface area contributed by atoms with Crippen LogP contribution in [0.4, 0.5) is 0 Å². The number of allylic oxidation sites excluding steroid dienone is 1. The molecule has 0 N–H and O–H groups in total. The summed E-state index contributed by atoms with van der Waals surface area (Å²) in [6, 6.07) is 8.94. The molecule has 0 radical (unpaired) electrons. The SMILES string of the molecule is CCOC(=O)c1c(CSC2=CC(=O)C(=O)c3ccc(Br)cc32)n(C)c2cc(Br)c(OC)cc12. The summed E-state index contributed by atoms with van der Waals surface area (Å²) in [6.07, 6.45) is 1.37. The predicted octanol–water partition coefficient (Wildman–Crippen LogP) is 5.93. The fraction of sp³-hybridized carbons (Fsp3) is 0.208. The van der Waals surface area contributed by atoms with Crippen molar-refractivity contribution in [1.82, 2.24) is 4.57 Å². The molecule has 0 unspecified atom stereocenters. The number of esters is 1. The van der Waals surface area contributed by atoms with Gasteiger partial charge in [0.1, 0.15) is 5.75 Å². The second-order valence-electron chi connectivity index (χ2n) is 7.29. The van der Waals surface area contributed by atoms with E-state index in [1.54, 1.807) is 26.2 Å². The molecule has 1 heterocycles. The van der Waals surface area contributed by atoms with Crippen molar-refractivity contribution in [3.8, 4) is 5.75 Å². The number of thioether (sulfide) groups is 1. The van der Waals surface area contributed by atoms with Gasteiger partial charge in [0.25, 0.3) is 0 Å². The zero-order valence-electron chi connectivity index (χ0n) is 18.0. The molecule has 33 heavy (non-hydrogen) atoms. The third-order valence-corrected chi connectivity index (χ3v) is 7.60. The number of benzene rings is 2. The number of fused-ring (bicyclic) bond motifs is 2. The largest absolute Gasteiger partial charge is 0.496 e. The van der Waals surface area contributed by atoms with E-state index in [9.17, 15) is 14.4 Å². The van der Waals surface area contributed by atoms with Gasteiger partial charge in [-0.3, -0.25) is 9.59 Å². The molecular formula is C24H19Br2NO5S. The van der Waals surface area contributed by atoms with Crippen molar-refractivity contribution in [3.05, 3.63) is 67.7 Å². The van der Waals surface area contributed by atoms with Gasteiger partial charge in [0.05, 0.1) is 29.3 Å². The molecule has 1 aliphatic carbocycles. The van der Waals surface area contributed by atoms with Crippen LogP contribution < -0.4 is 4.74 Å². The Morgan fingerprint density at radius 1 is 1.12 bits per heavy atom. The van der Waals surface area contributed by atoms with Crippen LogP contribution in [0.5, 0.6) is 5.75 Å². The Balaban J connectivity index is 1.80. The molecule has 0 saturated carbocycles. The van der Waals surface area contributed by atoms with Crippen molar-refractivity contribution in [2.45, 2.75) is 12.7 Å². The highest BCUT2D eigenvalue weighted by molar-refractivity contribution is 9.10. The van der Waals surface area contributed by atoms with E-state index in [1.807, 2.05) is 29.8 Å². The van der Waals surface area contributed by atoms with Crippen LogP contribution in [0.25, 0.3) is 15.8 Å². The second-order valence-corrected chi connectivity index (χ2v) is 10.1. The van der Waals surface area contributed by atoms with Gasteiger partial charge < -0.3 is 14.0 Å². The molecular weight excluding hydrogens is 574 g/mol. The number of aryl methyl sites for hydroxylation is 1. The van der Waals surface area contributed by atoms with Gasteiger partial charge >= 0.3 is 5.97 Å². The average Bonchev–Trinajstić information content (AvgIpc) is 3.05. The molecule has 2 aromatic carbocycles. The van der Waals surface area contributed by atoms with Crippen LogP contribution >= 0.6 is 43.6 Å². The zero-order valence-corrected chi connectivity index (χ0v) is 22.0. The number of halogens is 2. The second kappa shape index (κ2) is 9.48. The third kappa shape index (κ3) is 4.29. The first-order chi connectivity index (χ1) is 15.8. The van der Waals surface area contributed by atoms with Gasteiger partial charge in [0.15, 0.2) is 0 Å². The number of carbonyl (C=O) groups excluding carboxylic acids is 3. The van der Waals surface area contributed by atoms with E-state index in [1.165, 1.54) is 17.8 Å². The van der Waals surface area contributed by atoms with Crippen molar-refractivity contribution in [2.24, 2.45) is 7.05 Å². The summed E-state index contributed by atoms with van der Waals surface area (Å²) in [5.74, 6) is -0.497. The van der Waals surface area contributed by atoms with E-state index >= 15 is 0 Å². The van der Waals surface area contributed by atoms with Crippen LogP contribution in [0, 0.1) is 0 Å². The number of rotatable bonds is 6. The fourth-order valence-corrected chi connectivity index (χ4v) is 5.82. The number of hydrogen-bond acceptors (Lipinski definition) is 6. The Morgan fingerprint density at radius 2 is 1.88 bits per heavy atom.